The van der Waals surface area contributed by atoms with Crippen LogP contribution in [0.4, 0.5) is 0 Å². The third-order valence-corrected chi connectivity index (χ3v) is 2.83. The highest BCUT2D eigenvalue weighted by Crippen LogP contribution is 2.09. The van der Waals surface area contributed by atoms with E-state index in [-0.39, 0.29) is 6.61 Å². The SMILES string of the molecule is O=C(OCCS(=O)(=O)O)c1cccs1. The number of esters is 1. The third kappa shape index (κ3) is 3.86. The minimum absolute atomic E-state index is 0.338. The second kappa shape index (κ2) is 4.54. The van der Waals surface area contributed by atoms with Crippen molar-refractivity contribution in [3.63, 3.8) is 0 Å². The number of carbonyl (C=O) groups excluding carboxylic acids is 1. The van der Waals surface area contributed by atoms with E-state index >= 15 is 0 Å². The van der Waals surface area contributed by atoms with Crippen molar-refractivity contribution in [2.45, 2.75) is 0 Å². The van der Waals surface area contributed by atoms with Gasteiger partial charge in [0.15, 0.2) is 0 Å². The lowest BCUT2D eigenvalue weighted by Gasteiger charge is -2.00. The fourth-order valence-electron chi connectivity index (χ4n) is 0.706. The molecule has 0 fully saturated rings. The fourth-order valence-corrected chi connectivity index (χ4v) is 1.62. The van der Waals surface area contributed by atoms with E-state index in [4.69, 9.17) is 4.55 Å². The quantitative estimate of drug-likeness (QED) is 0.617. The van der Waals surface area contributed by atoms with Crippen LogP contribution in [0.1, 0.15) is 9.67 Å². The molecule has 1 rings (SSSR count). The van der Waals surface area contributed by atoms with E-state index in [1.165, 1.54) is 11.3 Å². The number of ether oxygens (including phenoxy) is 1. The Balaban J connectivity index is 2.37. The summed E-state index contributed by atoms with van der Waals surface area (Å²) in [5.74, 6) is -1.16. The minimum atomic E-state index is -4.06. The Labute approximate surface area is 85.1 Å². The van der Waals surface area contributed by atoms with Gasteiger partial charge in [-0.3, -0.25) is 4.55 Å². The van der Waals surface area contributed by atoms with Gasteiger partial charge in [-0.2, -0.15) is 8.42 Å². The molecule has 14 heavy (non-hydrogen) atoms. The van der Waals surface area contributed by atoms with E-state index in [1.54, 1.807) is 17.5 Å². The molecule has 0 saturated carbocycles. The van der Waals surface area contributed by atoms with E-state index in [0.29, 0.717) is 4.88 Å². The topological polar surface area (TPSA) is 80.7 Å². The predicted molar refractivity (Wildman–Crippen MR) is 51.0 cm³/mol. The zero-order chi connectivity index (χ0) is 10.6. The molecule has 7 heteroatoms. The van der Waals surface area contributed by atoms with Crippen LogP contribution in [0.2, 0.25) is 0 Å². The molecule has 0 aliphatic heterocycles. The van der Waals surface area contributed by atoms with Crippen LogP contribution in [-0.4, -0.2) is 31.3 Å². The van der Waals surface area contributed by atoms with Crippen molar-refractivity contribution in [2.24, 2.45) is 0 Å². The molecule has 0 aliphatic carbocycles. The summed E-state index contributed by atoms with van der Waals surface area (Å²) in [4.78, 5) is 11.5. The predicted octanol–water partition coefficient (Wildman–Crippen LogP) is 0.793. The van der Waals surface area contributed by atoms with E-state index in [2.05, 4.69) is 4.74 Å². The zero-order valence-electron chi connectivity index (χ0n) is 7.04. The van der Waals surface area contributed by atoms with Gasteiger partial charge in [0.2, 0.25) is 0 Å². The van der Waals surface area contributed by atoms with Gasteiger partial charge in [0.25, 0.3) is 10.1 Å². The maximum absolute atomic E-state index is 11.1. The average molecular weight is 236 g/mol. The molecule has 0 radical (unpaired) electrons. The molecule has 0 unspecified atom stereocenters. The van der Waals surface area contributed by atoms with Gasteiger partial charge in [0.05, 0.1) is 0 Å². The monoisotopic (exact) mass is 236 g/mol. The van der Waals surface area contributed by atoms with Crippen LogP contribution < -0.4 is 0 Å². The summed E-state index contributed by atoms with van der Waals surface area (Å²) < 4.78 is 33.5. The molecule has 0 spiro atoms. The maximum Gasteiger partial charge on any atom is 0.348 e. The van der Waals surface area contributed by atoms with Gasteiger partial charge in [-0.25, -0.2) is 4.79 Å². The van der Waals surface area contributed by atoms with Crippen LogP contribution in [0.25, 0.3) is 0 Å². The van der Waals surface area contributed by atoms with E-state index in [9.17, 15) is 13.2 Å². The van der Waals surface area contributed by atoms with Crippen LogP contribution in [0.5, 0.6) is 0 Å². The van der Waals surface area contributed by atoms with Crippen molar-refractivity contribution in [3.8, 4) is 0 Å². The second-order valence-corrected chi connectivity index (χ2v) is 4.92. The van der Waals surface area contributed by atoms with Crippen LogP contribution in [0.3, 0.4) is 0 Å². The molecular weight excluding hydrogens is 228 g/mol. The van der Waals surface area contributed by atoms with Crippen molar-refractivity contribution < 1.29 is 22.5 Å². The van der Waals surface area contributed by atoms with Gasteiger partial charge in [0, 0.05) is 0 Å². The smallest absolute Gasteiger partial charge is 0.348 e. The van der Waals surface area contributed by atoms with Crippen LogP contribution in [-0.2, 0) is 14.9 Å². The second-order valence-electron chi connectivity index (χ2n) is 2.40. The average Bonchev–Trinajstić information content (AvgIpc) is 2.53. The van der Waals surface area contributed by atoms with E-state index in [0.717, 1.165) is 0 Å². The number of hydrogen-bond donors (Lipinski definition) is 1. The zero-order valence-corrected chi connectivity index (χ0v) is 8.68. The van der Waals surface area contributed by atoms with Crippen LogP contribution in [0, 0.1) is 0 Å². The van der Waals surface area contributed by atoms with E-state index in [1.807, 2.05) is 0 Å². The summed E-state index contributed by atoms with van der Waals surface area (Å²) in [5, 5.41) is 1.71. The van der Waals surface area contributed by atoms with Crippen LogP contribution >= 0.6 is 11.3 Å². The molecule has 0 aromatic carbocycles. The molecular formula is C7H8O5S2. The normalized spacial score (nSPS) is 11.2. The van der Waals surface area contributed by atoms with Crippen molar-refractivity contribution in [1.29, 1.82) is 0 Å². The largest absolute Gasteiger partial charge is 0.460 e. The first-order valence-electron chi connectivity index (χ1n) is 3.65. The maximum atomic E-state index is 11.1. The summed E-state index contributed by atoms with van der Waals surface area (Å²) in [6, 6.07) is 3.25. The van der Waals surface area contributed by atoms with Gasteiger partial charge in [-0.05, 0) is 11.4 Å². The third-order valence-electron chi connectivity index (χ3n) is 1.30. The van der Waals surface area contributed by atoms with Gasteiger partial charge in [-0.1, -0.05) is 6.07 Å². The highest BCUT2D eigenvalue weighted by Gasteiger charge is 2.10. The van der Waals surface area contributed by atoms with Gasteiger partial charge in [0.1, 0.15) is 17.2 Å². The Morgan fingerprint density at radius 3 is 2.79 bits per heavy atom. The number of hydrogen-bond acceptors (Lipinski definition) is 5. The Morgan fingerprint density at radius 1 is 1.57 bits per heavy atom. The van der Waals surface area contributed by atoms with Crippen molar-refractivity contribution in [2.75, 3.05) is 12.4 Å². The lowest BCUT2D eigenvalue weighted by Crippen LogP contribution is -2.14. The highest BCUT2D eigenvalue weighted by atomic mass is 32.2. The van der Waals surface area contributed by atoms with Crippen molar-refractivity contribution in [1.82, 2.24) is 0 Å². The summed E-state index contributed by atoms with van der Waals surface area (Å²) in [7, 11) is -4.06. The molecule has 1 aromatic rings. The number of rotatable bonds is 4. The number of carbonyl (C=O) groups is 1. The molecule has 1 aromatic heterocycles. The summed E-state index contributed by atoms with van der Waals surface area (Å²) in [6.07, 6.45) is 0. The lowest BCUT2D eigenvalue weighted by molar-refractivity contribution is 0.0534. The summed E-state index contributed by atoms with van der Waals surface area (Å²) in [6.45, 7) is -0.338. The Morgan fingerprint density at radius 2 is 2.29 bits per heavy atom. The van der Waals surface area contributed by atoms with Crippen molar-refractivity contribution in [3.05, 3.63) is 22.4 Å². The molecule has 0 saturated heterocycles. The van der Waals surface area contributed by atoms with Crippen molar-refractivity contribution >= 4 is 27.4 Å². The Kier molecular flexibility index (Phi) is 3.62. The first kappa shape index (κ1) is 11.2. The van der Waals surface area contributed by atoms with Gasteiger partial charge in [-0.15, -0.1) is 11.3 Å². The first-order chi connectivity index (χ1) is 6.49. The van der Waals surface area contributed by atoms with E-state index < -0.39 is 21.8 Å². The number of thiophene rings is 1. The molecule has 0 bridgehead atoms. The standard InChI is InChI=1S/C7H8O5S2/c8-7(6-2-1-4-13-6)12-3-5-14(9,10)11/h1-2,4H,3,5H2,(H,9,10,11). The summed E-state index contributed by atoms with van der Waals surface area (Å²) >= 11 is 1.20. The first-order valence-corrected chi connectivity index (χ1v) is 6.14. The minimum Gasteiger partial charge on any atom is -0.460 e. The molecule has 0 atom stereocenters. The molecule has 0 amide bonds. The molecule has 1 N–H and O–H groups in total. The van der Waals surface area contributed by atoms with Gasteiger partial charge >= 0.3 is 5.97 Å². The molecule has 0 aliphatic rings. The molecule has 1 heterocycles. The summed E-state index contributed by atoms with van der Waals surface area (Å²) in [5.41, 5.74) is 0. The Bertz CT molecular complexity index is 392. The fraction of sp³-hybridized carbons (Fsp3) is 0.286. The lowest BCUT2D eigenvalue weighted by atomic mass is 10.5. The highest BCUT2D eigenvalue weighted by molar-refractivity contribution is 7.85. The Hall–Kier alpha value is -0.920. The molecule has 78 valence electrons. The molecule has 5 nitrogen and oxygen atoms in total. The van der Waals surface area contributed by atoms with Crippen LogP contribution in [0.15, 0.2) is 17.5 Å². The van der Waals surface area contributed by atoms with Gasteiger partial charge < -0.3 is 4.74 Å².